The highest BCUT2D eigenvalue weighted by atomic mass is 16.1. The van der Waals surface area contributed by atoms with E-state index in [9.17, 15) is 4.79 Å². The molecule has 4 N–H and O–H groups in total. The molecule has 6 heteroatoms. The monoisotopic (exact) mass is 223 g/mol. The summed E-state index contributed by atoms with van der Waals surface area (Å²) in [5, 5.41) is 5.93. The van der Waals surface area contributed by atoms with Crippen molar-refractivity contribution in [1.82, 2.24) is 20.6 Å². The van der Waals surface area contributed by atoms with Crippen molar-refractivity contribution >= 4 is 11.7 Å². The molecule has 0 aromatic carbocycles. The first-order valence-corrected chi connectivity index (χ1v) is 5.23. The fraction of sp³-hybridized carbons (Fsp3) is 0.500. The van der Waals surface area contributed by atoms with Crippen molar-refractivity contribution in [3.8, 4) is 0 Å². The van der Waals surface area contributed by atoms with Crippen LogP contribution in [-0.2, 0) is 0 Å². The van der Waals surface area contributed by atoms with Crippen molar-refractivity contribution in [2.75, 3.05) is 18.8 Å². The molecule has 0 aliphatic rings. The first kappa shape index (κ1) is 12.4. The van der Waals surface area contributed by atoms with Crippen LogP contribution < -0.4 is 16.4 Å². The molecule has 0 saturated heterocycles. The van der Waals surface area contributed by atoms with Gasteiger partial charge in [-0.15, -0.1) is 0 Å². The lowest BCUT2D eigenvalue weighted by Gasteiger charge is -2.13. The van der Waals surface area contributed by atoms with Gasteiger partial charge in [-0.2, -0.15) is 0 Å². The summed E-state index contributed by atoms with van der Waals surface area (Å²) in [4.78, 5) is 19.3. The zero-order valence-electron chi connectivity index (χ0n) is 9.53. The van der Waals surface area contributed by atoms with Gasteiger partial charge in [0.2, 0.25) is 0 Å². The summed E-state index contributed by atoms with van der Waals surface area (Å²) in [6.45, 7) is 5.40. The Morgan fingerprint density at radius 3 is 2.81 bits per heavy atom. The molecular weight excluding hydrogens is 206 g/mol. The minimum atomic E-state index is -0.296. The second kappa shape index (κ2) is 6.02. The van der Waals surface area contributed by atoms with Gasteiger partial charge < -0.3 is 16.4 Å². The van der Waals surface area contributed by atoms with E-state index in [1.165, 1.54) is 12.4 Å². The molecule has 0 radical (unpaired) electrons. The zero-order valence-corrected chi connectivity index (χ0v) is 9.53. The first-order valence-electron chi connectivity index (χ1n) is 5.23. The molecule has 0 saturated carbocycles. The van der Waals surface area contributed by atoms with Crippen LogP contribution in [0.1, 0.15) is 24.3 Å². The van der Waals surface area contributed by atoms with Crippen LogP contribution >= 0.6 is 0 Å². The molecule has 0 fully saturated rings. The van der Waals surface area contributed by atoms with Gasteiger partial charge in [0, 0.05) is 25.0 Å². The smallest absolute Gasteiger partial charge is 0.273 e. The highest BCUT2D eigenvalue weighted by molar-refractivity contribution is 5.96. The summed E-state index contributed by atoms with van der Waals surface area (Å²) in [5.74, 6) is -0.147. The molecule has 0 aliphatic carbocycles. The average Bonchev–Trinajstić information content (AvgIpc) is 2.27. The lowest BCUT2D eigenvalue weighted by Crippen LogP contribution is -2.39. The summed E-state index contributed by atoms with van der Waals surface area (Å²) in [6.07, 6.45) is 2.90. The maximum absolute atomic E-state index is 11.7. The Bertz CT molecular complexity index is 355. The molecule has 0 spiro atoms. The predicted octanol–water partition coefficient (Wildman–Crippen LogP) is -0.213. The number of carbonyl (C=O) groups excluding carboxylic acids is 1. The molecule has 6 nitrogen and oxygen atoms in total. The number of hydrogen-bond donors (Lipinski definition) is 3. The number of rotatable bonds is 5. The van der Waals surface area contributed by atoms with Gasteiger partial charge in [0.25, 0.3) is 5.91 Å². The Labute approximate surface area is 94.7 Å². The highest BCUT2D eigenvalue weighted by Crippen LogP contribution is 2.01. The van der Waals surface area contributed by atoms with Gasteiger partial charge in [-0.05, 0) is 13.5 Å². The quantitative estimate of drug-likeness (QED) is 0.642. The van der Waals surface area contributed by atoms with E-state index in [-0.39, 0.29) is 23.5 Å². The van der Waals surface area contributed by atoms with Crippen molar-refractivity contribution in [3.05, 3.63) is 18.1 Å². The van der Waals surface area contributed by atoms with Crippen LogP contribution in [0, 0.1) is 0 Å². The Kier molecular flexibility index (Phi) is 4.65. The van der Waals surface area contributed by atoms with Crippen LogP contribution in [0.3, 0.4) is 0 Å². The van der Waals surface area contributed by atoms with Crippen LogP contribution in [0.4, 0.5) is 5.82 Å². The lowest BCUT2D eigenvalue weighted by molar-refractivity contribution is 0.0946. The molecule has 1 atom stereocenters. The number of nitrogens with two attached hydrogens (primary N) is 1. The minimum Gasteiger partial charge on any atom is -0.382 e. The fourth-order valence-electron chi connectivity index (χ4n) is 1.27. The Hall–Kier alpha value is -1.69. The fourth-order valence-corrected chi connectivity index (χ4v) is 1.27. The lowest BCUT2D eigenvalue weighted by atomic mass is 10.3. The van der Waals surface area contributed by atoms with Crippen molar-refractivity contribution in [2.45, 2.75) is 19.9 Å². The normalized spacial score (nSPS) is 12.1. The van der Waals surface area contributed by atoms with Gasteiger partial charge in [-0.1, -0.05) is 6.92 Å². The van der Waals surface area contributed by atoms with Crippen LogP contribution in [0.5, 0.6) is 0 Å². The van der Waals surface area contributed by atoms with Gasteiger partial charge in [-0.25, -0.2) is 9.97 Å². The Morgan fingerprint density at radius 1 is 1.50 bits per heavy atom. The van der Waals surface area contributed by atoms with Crippen molar-refractivity contribution < 1.29 is 4.79 Å². The topological polar surface area (TPSA) is 92.9 Å². The van der Waals surface area contributed by atoms with E-state index >= 15 is 0 Å². The molecular formula is C10H17N5O. The van der Waals surface area contributed by atoms with Gasteiger partial charge >= 0.3 is 0 Å². The van der Waals surface area contributed by atoms with Crippen molar-refractivity contribution in [2.24, 2.45) is 0 Å². The molecule has 1 heterocycles. The number of carbonyl (C=O) groups is 1. The van der Waals surface area contributed by atoms with Crippen LogP contribution in [-0.4, -0.2) is 35.0 Å². The van der Waals surface area contributed by atoms with E-state index in [1.807, 2.05) is 13.8 Å². The third kappa shape index (κ3) is 3.47. The van der Waals surface area contributed by atoms with E-state index in [2.05, 4.69) is 20.6 Å². The van der Waals surface area contributed by atoms with E-state index in [4.69, 9.17) is 5.73 Å². The number of nitrogen functional groups attached to an aromatic ring is 1. The molecule has 88 valence electrons. The molecule has 0 bridgehead atoms. The average molecular weight is 223 g/mol. The number of aromatic nitrogens is 2. The SMILES string of the molecule is CCN[C@H](C)CNC(=O)c1nccnc1N. The summed E-state index contributed by atoms with van der Waals surface area (Å²) >= 11 is 0. The van der Waals surface area contributed by atoms with Crippen LogP contribution in [0.15, 0.2) is 12.4 Å². The second-order valence-electron chi connectivity index (χ2n) is 3.46. The molecule has 0 aliphatic heterocycles. The number of amides is 1. The standard InChI is InChI=1S/C10H17N5O/c1-3-12-7(2)6-15-10(16)8-9(11)14-5-4-13-8/h4-5,7,12H,3,6H2,1-2H3,(H2,11,14)(H,15,16)/t7-/m1/s1. The maximum Gasteiger partial charge on any atom is 0.273 e. The molecule has 1 aromatic rings. The summed E-state index contributed by atoms with van der Waals surface area (Å²) in [7, 11) is 0. The number of anilines is 1. The minimum absolute atomic E-state index is 0.149. The number of nitrogens with zero attached hydrogens (tertiary/aromatic N) is 2. The first-order chi connectivity index (χ1) is 7.65. The Morgan fingerprint density at radius 2 is 2.19 bits per heavy atom. The van der Waals surface area contributed by atoms with E-state index in [1.54, 1.807) is 0 Å². The van der Waals surface area contributed by atoms with Gasteiger partial charge in [-0.3, -0.25) is 4.79 Å². The maximum atomic E-state index is 11.7. The molecule has 0 unspecified atom stereocenters. The third-order valence-electron chi connectivity index (χ3n) is 2.06. The summed E-state index contributed by atoms with van der Waals surface area (Å²) in [6, 6.07) is 0.215. The molecule has 16 heavy (non-hydrogen) atoms. The van der Waals surface area contributed by atoms with Crippen LogP contribution in [0.25, 0.3) is 0 Å². The molecule has 1 aromatic heterocycles. The van der Waals surface area contributed by atoms with Crippen molar-refractivity contribution in [3.63, 3.8) is 0 Å². The van der Waals surface area contributed by atoms with Crippen molar-refractivity contribution in [1.29, 1.82) is 0 Å². The highest BCUT2D eigenvalue weighted by Gasteiger charge is 2.12. The zero-order chi connectivity index (χ0) is 12.0. The summed E-state index contributed by atoms with van der Waals surface area (Å²) in [5.41, 5.74) is 5.71. The van der Waals surface area contributed by atoms with E-state index in [0.717, 1.165) is 6.54 Å². The van der Waals surface area contributed by atoms with Gasteiger partial charge in [0.1, 0.15) is 0 Å². The Balaban J connectivity index is 2.50. The number of likely N-dealkylation sites (N-methyl/N-ethyl adjacent to an activating group) is 1. The van der Waals surface area contributed by atoms with Gasteiger partial charge in [0.15, 0.2) is 11.5 Å². The number of nitrogens with one attached hydrogen (secondary N) is 2. The van der Waals surface area contributed by atoms with Gasteiger partial charge in [0.05, 0.1) is 0 Å². The van der Waals surface area contributed by atoms with E-state index < -0.39 is 0 Å². The van der Waals surface area contributed by atoms with Crippen LogP contribution in [0.2, 0.25) is 0 Å². The third-order valence-corrected chi connectivity index (χ3v) is 2.06. The summed E-state index contributed by atoms with van der Waals surface area (Å²) < 4.78 is 0. The molecule has 1 rings (SSSR count). The second-order valence-corrected chi connectivity index (χ2v) is 3.46. The van der Waals surface area contributed by atoms with E-state index in [0.29, 0.717) is 6.54 Å². The number of hydrogen-bond acceptors (Lipinski definition) is 5. The predicted molar refractivity (Wildman–Crippen MR) is 61.9 cm³/mol. The molecule has 1 amide bonds. The largest absolute Gasteiger partial charge is 0.382 e.